The van der Waals surface area contributed by atoms with Gasteiger partial charge in [-0.3, -0.25) is 4.79 Å². The van der Waals surface area contributed by atoms with Crippen molar-refractivity contribution in [2.45, 2.75) is 52.5 Å². The Balaban J connectivity index is 2.19. The highest BCUT2D eigenvalue weighted by Crippen LogP contribution is 2.15. The van der Waals surface area contributed by atoms with Crippen molar-refractivity contribution in [2.24, 2.45) is 5.92 Å². The summed E-state index contributed by atoms with van der Waals surface area (Å²) in [5.41, 5.74) is 0. The Hall–Kier alpha value is -0.570. The first-order valence-electron chi connectivity index (χ1n) is 6.64. The van der Waals surface area contributed by atoms with Crippen LogP contribution in [-0.4, -0.2) is 36.5 Å². The summed E-state index contributed by atoms with van der Waals surface area (Å²) in [5.74, 6) is 1.00. The summed E-state index contributed by atoms with van der Waals surface area (Å²) in [5, 5.41) is 3.37. The fourth-order valence-electron chi connectivity index (χ4n) is 2.14. The van der Waals surface area contributed by atoms with Gasteiger partial charge < -0.3 is 10.2 Å². The van der Waals surface area contributed by atoms with Gasteiger partial charge in [-0.2, -0.15) is 0 Å². The van der Waals surface area contributed by atoms with Crippen LogP contribution in [0.5, 0.6) is 0 Å². The van der Waals surface area contributed by atoms with Gasteiger partial charge >= 0.3 is 0 Å². The Morgan fingerprint density at radius 2 is 2.31 bits per heavy atom. The monoisotopic (exact) mass is 226 g/mol. The maximum Gasteiger partial charge on any atom is 0.223 e. The van der Waals surface area contributed by atoms with E-state index >= 15 is 0 Å². The van der Waals surface area contributed by atoms with E-state index in [4.69, 9.17) is 0 Å². The zero-order chi connectivity index (χ0) is 12.0. The van der Waals surface area contributed by atoms with Gasteiger partial charge in [-0.25, -0.2) is 0 Å². The molecule has 0 aromatic carbocycles. The average Bonchev–Trinajstić information content (AvgIpc) is 2.28. The largest absolute Gasteiger partial charge is 0.342 e. The van der Waals surface area contributed by atoms with Gasteiger partial charge in [-0.05, 0) is 32.1 Å². The molecule has 0 aromatic rings. The molecule has 3 heteroatoms. The van der Waals surface area contributed by atoms with Gasteiger partial charge in [0.1, 0.15) is 0 Å². The first kappa shape index (κ1) is 13.5. The molecule has 1 rings (SSSR count). The molecule has 1 fully saturated rings. The molecular formula is C13H26N2O. The van der Waals surface area contributed by atoms with E-state index in [-0.39, 0.29) is 0 Å². The molecule has 1 saturated heterocycles. The Bertz CT molecular complexity index is 218. The lowest BCUT2D eigenvalue weighted by Gasteiger charge is -2.31. The van der Waals surface area contributed by atoms with Crippen LogP contribution in [-0.2, 0) is 4.79 Å². The van der Waals surface area contributed by atoms with Gasteiger partial charge in [0, 0.05) is 32.1 Å². The van der Waals surface area contributed by atoms with Crippen molar-refractivity contribution in [1.29, 1.82) is 0 Å². The molecule has 2 unspecified atom stereocenters. The van der Waals surface area contributed by atoms with Crippen LogP contribution >= 0.6 is 0 Å². The summed E-state index contributed by atoms with van der Waals surface area (Å²) in [6.07, 6.45) is 4.21. The summed E-state index contributed by atoms with van der Waals surface area (Å²) >= 11 is 0. The molecule has 94 valence electrons. The van der Waals surface area contributed by atoms with Crippen LogP contribution in [0.2, 0.25) is 0 Å². The lowest BCUT2D eigenvalue weighted by molar-refractivity contribution is -0.132. The minimum Gasteiger partial charge on any atom is -0.342 e. The summed E-state index contributed by atoms with van der Waals surface area (Å²) in [6.45, 7) is 9.30. The van der Waals surface area contributed by atoms with Crippen molar-refractivity contribution in [1.82, 2.24) is 10.2 Å². The summed E-state index contributed by atoms with van der Waals surface area (Å²) in [7, 11) is 0. The molecule has 1 heterocycles. The predicted octanol–water partition coefficient (Wildman–Crippen LogP) is 2.02. The second-order valence-electron chi connectivity index (χ2n) is 5.10. The fraction of sp³-hybridized carbons (Fsp3) is 0.923. The van der Waals surface area contributed by atoms with Crippen molar-refractivity contribution >= 4 is 5.91 Å². The minimum atomic E-state index is 0.322. The summed E-state index contributed by atoms with van der Waals surface area (Å²) in [4.78, 5) is 13.9. The Morgan fingerprint density at radius 1 is 1.56 bits per heavy atom. The SMILES string of the molecule is CCC(C)NCCC(=O)N1CCCC(C)C1. The van der Waals surface area contributed by atoms with E-state index < -0.39 is 0 Å². The third-order valence-electron chi connectivity index (χ3n) is 3.45. The lowest BCUT2D eigenvalue weighted by Crippen LogP contribution is -2.40. The number of amides is 1. The lowest BCUT2D eigenvalue weighted by atomic mass is 10.00. The second-order valence-corrected chi connectivity index (χ2v) is 5.10. The zero-order valence-electron chi connectivity index (χ0n) is 11.0. The molecule has 0 radical (unpaired) electrons. The molecule has 2 atom stereocenters. The van der Waals surface area contributed by atoms with Crippen LogP contribution in [0.4, 0.5) is 0 Å². The Kier molecular flexibility index (Phi) is 5.81. The molecule has 1 N–H and O–H groups in total. The standard InChI is InChI=1S/C13H26N2O/c1-4-12(3)14-8-7-13(16)15-9-5-6-11(2)10-15/h11-12,14H,4-10H2,1-3H3. The zero-order valence-corrected chi connectivity index (χ0v) is 11.0. The van der Waals surface area contributed by atoms with E-state index in [1.54, 1.807) is 0 Å². The maximum atomic E-state index is 11.9. The molecule has 1 amide bonds. The fourth-order valence-corrected chi connectivity index (χ4v) is 2.14. The molecule has 0 aliphatic carbocycles. The first-order valence-corrected chi connectivity index (χ1v) is 6.64. The third-order valence-corrected chi connectivity index (χ3v) is 3.45. The molecule has 16 heavy (non-hydrogen) atoms. The van der Waals surface area contributed by atoms with Crippen LogP contribution in [0.15, 0.2) is 0 Å². The van der Waals surface area contributed by atoms with Gasteiger partial charge in [0.25, 0.3) is 0 Å². The number of carbonyl (C=O) groups is 1. The van der Waals surface area contributed by atoms with E-state index in [1.807, 2.05) is 4.90 Å². The molecule has 0 spiro atoms. The van der Waals surface area contributed by atoms with Crippen molar-refractivity contribution in [3.8, 4) is 0 Å². The molecule has 0 aromatic heterocycles. The van der Waals surface area contributed by atoms with Crippen molar-refractivity contribution < 1.29 is 4.79 Å². The smallest absolute Gasteiger partial charge is 0.223 e. The molecular weight excluding hydrogens is 200 g/mol. The minimum absolute atomic E-state index is 0.322. The van der Waals surface area contributed by atoms with E-state index in [2.05, 4.69) is 26.1 Å². The van der Waals surface area contributed by atoms with Gasteiger partial charge in [-0.1, -0.05) is 13.8 Å². The van der Waals surface area contributed by atoms with E-state index in [0.29, 0.717) is 24.3 Å². The van der Waals surface area contributed by atoms with Gasteiger partial charge in [-0.15, -0.1) is 0 Å². The van der Waals surface area contributed by atoms with Crippen LogP contribution < -0.4 is 5.32 Å². The number of hydrogen-bond donors (Lipinski definition) is 1. The van der Waals surface area contributed by atoms with Crippen LogP contribution in [0, 0.1) is 5.92 Å². The van der Waals surface area contributed by atoms with Crippen molar-refractivity contribution in [3.05, 3.63) is 0 Å². The number of hydrogen-bond acceptors (Lipinski definition) is 2. The van der Waals surface area contributed by atoms with Crippen LogP contribution in [0.25, 0.3) is 0 Å². The molecule has 1 aliphatic rings. The van der Waals surface area contributed by atoms with Gasteiger partial charge in [0.05, 0.1) is 0 Å². The van der Waals surface area contributed by atoms with E-state index in [9.17, 15) is 4.79 Å². The van der Waals surface area contributed by atoms with E-state index in [1.165, 1.54) is 12.8 Å². The summed E-state index contributed by atoms with van der Waals surface area (Å²) < 4.78 is 0. The molecule has 1 aliphatic heterocycles. The quantitative estimate of drug-likeness (QED) is 0.778. The highest BCUT2D eigenvalue weighted by Gasteiger charge is 2.20. The number of likely N-dealkylation sites (tertiary alicyclic amines) is 1. The van der Waals surface area contributed by atoms with Crippen molar-refractivity contribution in [3.63, 3.8) is 0 Å². The van der Waals surface area contributed by atoms with Crippen LogP contribution in [0.1, 0.15) is 46.5 Å². The molecule has 3 nitrogen and oxygen atoms in total. The predicted molar refractivity (Wildman–Crippen MR) is 67.4 cm³/mol. The number of nitrogens with one attached hydrogen (secondary N) is 1. The van der Waals surface area contributed by atoms with E-state index in [0.717, 1.165) is 26.1 Å². The second kappa shape index (κ2) is 6.89. The third kappa shape index (κ3) is 4.52. The highest BCUT2D eigenvalue weighted by molar-refractivity contribution is 5.76. The van der Waals surface area contributed by atoms with Gasteiger partial charge in [0.2, 0.25) is 5.91 Å². The van der Waals surface area contributed by atoms with Crippen LogP contribution in [0.3, 0.4) is 0 Å². The molecule has 0 saturated carbocycles. The van der Waals surface area contributed by atoms with Crippen molar-refractivity contribution in [2.75, 3.05) is 19.6 Å². The van der Waals surface area contributed by atoms with Gasteiger partial charge in [0.15, 0.2) is 0 Å². The molecule has 0 bridgehead atoms. The average molecular weight is 226 g/mol. The Labute approximate surface area is 99.6 Å². The first-order chi connectivity index (χ1) is 7.63. The normalized spacial score (nSPS) is 23.2. The Morgan fingerprint density at radius 3 is 2.94 bits per heavy atom. The number of rotatable bonds is 5. The topological polar surface area (TPSA) is 32.3 Å². The number of carbonyl (C=O) groups excluding carboxylic acids is 1. The highest BCUT2D eigenvalue weighted by atomic mass is 16.2. The summed E-state index contributed by atoms with van der Waals surface area (Å²) in [6, 6.07) is 0.521. The maximum absolute atomic E-state index is 11.9. The number of piperidine rings is 1. The number of nitrogens with zero attached hydrogens (tertiary/aromatic N) is 1.